The van der Waals surface area contributed by atoms with Crippen LogP contribution in [0.5, 0.6) is 5.75 Å². The van der Waals surface area contributed by atoms with Gasteiger partial charge in [0.15, 0.2) is 0 Å². The fourth-order valence-electron chi connectivity index (χ4n) is 4.24. The summed E-state index contributed by atoms with van der Waals surface area (Å²) < 4.78 is 22.4. The van der Waals surface area contributed by atoms with Gasteiger partial charge in [0.1, 0.15) is 29.1 Å². The first-order chi connectivity index (χ1) is 16.9. The van der Waals surface area contributed by atoms with Gasteiger partial charge in [-0.25, -0.2) is 9.37 Å². The SMILES string of the molecule is COc1ccc(Cn2cnc3c4cc(F)ccc4n(CC(=O)Nc4cccc(C)c4)c3c2=O)cc1. The number of halogens is 1. The maximum Gasteiger partial charge on any atom is 0.278 e. The second kappa shape index (κ2) is 9.06. The summed E-state index contributed by atoms with van der Waals surface area (Å²) in [5.74, 6) is -0.0231. The molecule has 5 rings (SSSR count). The number of fused-ring (bicyclic) bond motifs is 3. The Labute approximate surface area is 200 Å². The number of nitrogens with zero attached hydrogens (tertiary/aromatic N) is 3. The number of amides is 1. The monoisotopic (exact) mass is 470 g/mol. The molecular formula is C27H23FN4O3. The number of ether oxygens (including phenoxy) is 1. The number of rotatable bonds is 6. The van der Waals surface area contributed by atoms with Crippen LogP contribution >= 0.6 is 0 Å². The minimum atomic E-state index is -0.440. The number of anilines is 1. The van der Waals surface area contributed by atoms with Crippen LogP contribution in [-0.4, -0.2) is 27.1 Å². The van der Waals surface area contributed by atoms with E-state index in [-0.39, 0.29) is 30.1 Å². The lowest BCUT2D eigenvalue weighted by Gasteiger charge is -2.10. The molecule has 0 fully saturated rings. The van der Waals surface area contributed by atoms with E-state index in [1.165, 1.54) is 23.0 Å². The first-order valence-electron chi connectivity index (χ1n) is 11.1. The summed E-state index contributed by atoms with van der Waals surface area (Å²) in [5.41, 5.74) is 3.43. The van der Waals surface area contributed by atoms with Crippen LogP contribution < -0.4 is 15.6 Å². The number of carbonyl (C=O) groups is 1. The smallest absolute Gasteiger partial charge is 0.278 e. The molecule has 0 saturated heterocycles. The topological polar surface area (TPSA) is 78.2 Å². The fraction of sp³-hybridized carbons (Fsp3) is 0.148. The average Bonchev–Trinajstić information content (AvgIpc) is 3.14. The summed E-state index contributed by atoms with van der Waals surface area (Å²) in [6.07, 6.45) is 1.45. The summed E-state index contributed by atoms with van der Waals surface area (Å²) >= 11 is 0. The number of carbonyl (C=O) groups excluding carboxylic acids is 1. The van der Waals surface area contributed by atoms with Crippen LogP contribution in [0.4, 0.5) is 10.1 Å². The van der Waals surface area contributed by atoms with E-state index in [0.717, 1.165) is 16.9 Å². The number of hydrogen-bond acceptors (Lipinski definition) is 4. The quantitative estimate of drug-likeness (QED) is 0.397. The van der Waals surface area contributed by atoms with E-state index in [4.69, 9.17) is 4.74 Å². The molecule has 8 heteroatoms. The van der Waals surface area contributed by atoms with E-state index in [9.17, 15) is 14.0 Å². The predicted molar refractivity (Wildman–Crippen MR) is 133 cm³/mol. The zero-order valence-electron chi connectivity index (χ0n) is 19.3. The third kappa shape index (κ3) is 4.38. The summed E-state index contributed by atoms with van der Waals surface area (Å²) in [6, 6.07) is 19.1. The molecule has 2 aromatic heterocycles. The molecule has 1 N–H and O–H groups in total. The van der Waals surface area contributed by atoms with E-state index >= 15 is 0 Å². The highest BCUT2D eigenvalue weighted by molar-refractivity contribution is 6.06. The molecule has 7 nitrogen and oxygen atoms in total. The van der Waals surface area contributed by atoms with Crippen molar-refractivity contribution in [1.82, 2.24) is 14.1 Å². The Hall–Kier alpha value is -4.46. The van der Waals surface area contributed by atoms with E-state index in [1.807, 2.05) is 49.4 Å². The molecule has 0 radical (unpaired) electrons. The van der Waals surface area contributed by atoms with Gasteiger partial charge in [0.05, 0.1) is 25.5 Å². The van der Waals surface area contributed by atoms with Crippen LogP contribution in [0.2, 0.25) is 0 Å². The summed E-state index contributed by atoms with van der Waals surface area (Å²) in [5, 5.41) is 3.35. The van der Waals surface area contributed by atoms with Gasteiger partial charge in [-0.3, -0.25) is 14.2 Å². The van der Waals surface area contributed by atoms with E-state index in [1.54, 1.807) is 23.8 Å². The molecule has 0 aliphatic heterocycles. The van der Waals surface area contributed by atoms with Crippen molar-refractivity contribution in [2.75, 3.05) is 12.4 Å². The maximum absolute atomic E-state index is 14.1. The Balaban J connectivity index is 1.58. The lowest BCUT2D eigenvalue weighted by Crippen LogP contribution is -2.25. The van der Waals surface area contributed by atoms with Crippen LogP contribution in [0.15, 0.2) is 77.9 Å². The molecule has 0 unspecified atom stereocenters. The van der Waals surface area contributed by atoms with Gasteiger partial charge in [0, 0.05) is 11.1 Å². The Morgan fingerprint density at radius 3 is 2.63 bits per heavy atom. The van der Waals surface area contributed by atoms with Crippen LogP contribution in [0, 0.1) is 12.7 Å². The van der Waals surface area contributed by atoms with Crippen molar-refractivity contribution in [2.24, 2.45) is 0 Å². The number of aryl methyl sites for hydroxylation is 1. The van der Waals surface area contributed by atoms with Gasteiger partial charge in [-0.1, -0.05) is 24.3 Å². The van der Waals surface area contributed by atoms with Crippen molar-refractivity contribution < 1.29 is 13.9 Å². The highest BCUT2D eigenvalue weighted by atomic mass is 19.1. The molecule has 0 bridgehead atoms. The minimum Gasteiger partial charge on any atom is -0.497 e. The molecule has 0 atom stereocenters. The third-order valence-corrected chi connectivity index (χ3v) is 5.90. The van der Waals surface area contributed by atoms with Gasteiger partial charge in [-0.15, -0.1) is 0 Å². The number of benzene rings is 3. The minimum absolute atomic E-state index is 0.122. The molecule has 0 aliphatic carbocycles. The van der Waals surface area contributed by atoms with Crippen molar-refractivity contribution in [1.29, 1.82) is 0 Å². The first kappa shape index (κ1) is 22.3. The molecule has 2 heterocycles. The van der Waals surface area contributed by atoms with Crippen LogP contribution in [-0.2, 0) is 17.9 Å². The second-order valence-electron chi connectivity index (χ2n) is 8.39. The summed E-state index contributed by atoms with van der Waals surface area (Å²) in [6.45, 7) is 2.11. The normalized spacial score (nSPS) is 11.2. The molecule has 0 aliphatic rings. The third-order valence-electron chi connectivity index (χ3n) is 5.90. The van der Waals surface area contributed by atoms with Gasteiger partial charge < -0.3 is 14.6 Å². The molecule has 35 heavy (non-hydrogen) atoms. The maximum atomic E-state index is 14.1. The summed E-state index contributed by atoms with van der Waals surface area (Å²) in [7, 11) is 1.59. The number of nitrogens with one attached hydrogen (secondary N) is 1. The molecular weight excluding hydrogens is 447 g/mol. The van der Waals surface area contributed by atoms with Gasteiger partial charge in [-0.2, -0.15) is 0 Å². The number of methoxy groups -OCH3 is 1. The van der Waals surface area contributed by atoms with Crippen LogP contribution in [0.1, 0.15) is 11.1 Å². The molecule has 0 saturated carbocycles. The Morgan fingerprint density at radius 2 is 1.89 bits per heavy atom. The molecule has 5 aromatic rings. The Kier molecular flexibility index (Phi) is 5.78. The van der Waals surface area contributed by atoms with Crippen LogP contribution in [0.3, 0.4) is 0 Å². The van der Waals surface area contributed by atoms with Crippen molar-refractivity contribution >= 4 is 33.5 Å². The van der Waals surface area contributed by atoms with Crippen molar-refractivity contribution in [3.63, 3.8) is 0 Å². The number of hydrogen-bond donors (Lipinski definition) is 1. The first-order valence-corrected chi connectivity index (χ1v) is 11.1. The lowest BCUT2D eigenvalue weighted by atomic mass is 10.2. The van der Waals surface area contributed by atoms with Crippen molar-refractivity contribution in [3.8, 4) is 5.75 Å². The second-order valence-corrected chi connectivity index (χ2v) is 8.39. The Morgan fingerprint density at radius 1 is 1.09 bits per heavy atom. The zero-order valence-corrected chi connectivity index (χ0v) is 19.3. The van der Waals surface area contributed by atoms with Gasteiger partial charge in [-0.05, 0) is 60.5 Å². The Bertz CT molecular complexity index is 1620. The van der Waals surface area contributed by atoms with E-state index in [2.05, 4.69) is 10.3 Å². The predicted octanol–water partition coefficient (Wildman–Crippen LogP) is 4.49. The standard InChI is InChI=1S/C27H23FN4O3/c1-17-4-3-5-20(12-17)30-24(33)15-32-23-11-8-19(28)13-22(23)25-26(32)27(34)31(16-29-25)14-18-6-9-21(35-2)10-7-18/h3-13,16H,14-15H2,1-2H3,(H,30,33). The lowest BCUT2D eigenvalue weighted by molar-refractivity contribution is -0.116. The van der Waals surface area contributed by atoms with Gasteiger partial charge in [0.2, 0.25) is 5.91 Å². The summed E-state index contributed by atoms with van der Waals surface area (Å²) in [4.78, 5) is 31.0. The molecule has 3 aromatic carbocycles. The van der Waals surface area contributed by atoms with Crippen molar-refractivity contribution in [3.05, 3.63) is 100 Å². The van der Waals surface area contributed by atoms with Crippen molar-refractivity contribution in [2.45, 2.75) is 20.0 Å². The highest BCUT2D eigenvalue weighted by Crippen LogP contribution is 2.26. The molecule has 0 spiro atoms. The molecule has 176 valence electrons. The average molecular weight is 471 g/mol. The van der Waals surface area contributed by atoms with E-state index in [0.29, 0.717) is 22.1 Å². The zero-order chi connectivity index (χ0) is 24.5. The largest absolute Gasteiger partial charge is 0.497 e. The molecule has 1 amide bonds. The van der Waals surface area contributed by atoms with E-state index < -0.39 is 5.82 Å². The van der Waals surface area contributed by atoms with Gasteiger partial charge in [0.25, 0.3) is 5.56 Å². The fourth-order valence-corrected chi connectivity index (χ4v) is 4.24. The highest BCUT2D eigenvalue weighted by Gasteiger charge is 2.19. The van der Waals surface area contributed by atoms with Gasteiger partial charge >= 0.3 is 0 Å². The van der Waals surface area contributed by atoms with Crippen LogP contribution in [0.25, 0.3) is 21.9 Å². The number of aromatic nitrogens is 3.